The van der Waals surface area contributed by atoms with Crippen molar-refractivity contribution in [2.24, 2.45) is 0 Å². The highest BCUT2D eigenvalue weighted by molar-refractivity contribution is 5.45. The van der Waals surface area contributed by atoms with Gasteiger partial charge >= 0.3 is 0 Å². The second-order valence-corrected chi connectivity index (χ2v) is 6.36. The van der Waals surface area contributed by atoms with Gasteiger partial charge in [0.1, 0.15) is 6.26 Å². The molecule has 6 heteroatoms. The van der Waals surface area contributed by atoms with Crippen molar-refractivity contribution in [3.05, 3.63) is 35.2 Å². The number of oxazole rings is 1. The third-order valence-corrected chi connectivity index (χ3v) is 4.69. The monoisotopic (exact) mass is 299 g/mol. The van der Waals surface area contributed by atoms with Crippen molar-refractivity contribution >= 4 is 5.82 Å². The number of nitrogens with zero attached hydrogens (tertiary/aromatic N) is 5. The highest BCUT2D eigenvalue weighted by atomic mass is 16.3. The maximum absolute atomic E-state index is 5.26. The second-order valence-electron chi connectivity index (χ2n) is 6.36. The van der Waals surface area contributed by atoms with E-state index >= 15 is 0 Å². The Labute approximate surface area is 130 Å². The third kappa shape index (κ3) is 2.47. The first-order chi connectivity index (χ1) is 10.7. The molecule has 1 aliphatic carbocycles. The fourth-order valence-corrected chi connectivity index (χ4v) is 3.26. The minimum Gasteiger partial charge on any atom is -0.449 e. The number of aromatic nitrogens is 3. The van der Waals surface area contributed by atoms with Crippen LogP contribution in [0.1, 0.15) is 29.3 Å². The zero-order valence-electron chi connectivity index (χ0n) is 13.1. The van der Waals surface area contributed by atoms with E-state index in [4.69, 9.17) is 4.42 Å². The topological polar surface area (TPSA) is 58.3 Å². The van der Waals surface area contributed by atoms with Gasteiger partial charge in [0.05, 0.1) is 11.4 Å². The maximum Gasteiger partial charge on any atom is 0.191 e. The molecule has 2 aromatic heterocycles. The molecule has 1 aliphatic heterocycles. The van der Waals surface area contributed by atoms with Gasteiger partial charge in [0.25, 0.3) is 0 Å². The van der Waals surface area contributed by atoms with E-state index in [1.54, 1.807) is 6.26 Å². The third-order valence-electron chi connectivity index (χ3n) is 4.69. The molecule has 3 heterocycles. The summed E-state index contributed by atoms with van der Waals surface area (Å²) in [5.74, 6) is 1.76. The zero-order chi connectivity index (χ0) is 15.1. The van der Waals surface area contributed by atoms with Crippen LogP contribution in [0.3, 0.4) is 0 Å². The molecule has 0 amide bonds. The first-order valence-electron chi connectivity index (χ1n) is 7.91. The summed E-state index contributed by atoms with van der Waals surface area (Å²) >= 11 is 0. The summed E-state index contributed by atoms with van der Waals surface area (Å²) in [5, 5.41) is 8.76. The zero-order valence-corrected chi connectivity index (χ0v) is 13.1. The van der Waals surface area contributed by atoms with E-state index in [1.165, 1.54) is 17.7 Å². The molecule has 0 atom stereocenters. The number of hydrogen-bond donors (Lipinski definition) is 0. The Morgan fingerprint density at radius 3 is 2.95 bits per heavy atom. The van der Waals surface area contributed by atoms with E-state index in [9.17, 15) is 0 Å². The lowest BCUT2D eigenvalue weighted by Gasteiger charge is -2.44. The summed E-state index contributed by atoms with van der Waals surface area (Å²) in [6.07, 6.45) is 5.20. The van der Waals surface area contributed by atoms with Crippen LogP contribution in [0.25, 0.3) is 0 Å². The number of aryl methyl sites for hydroxylation is 3. The lowest BCUT2D eigenvalue weighted by molar-refractivity contribution is 0.194. The number of fused-ring (bicyclic) bond motifs is 1. The van der Waals surface area contributed by atoms with Crippen molar-refractivity contribution in [2.75, 3.05) is 25.0 Å². The Hall–Kier alpha value is -1.95. The Balaban J connectivity index is 1.35. The van der Waals surface area contributed by atoms with Crippen molar-refractivity contribution < 1.29 is 4.42 Å². The Morgan fingerprint density at radius 1 is 1.32 bits per heavy atom. The molecule has 116 valence electrons. The summed E-state index contributed by atoms with van der Waals surface area (Å²) < 4.78 is 5.26. The molecule has 0 saturated carbocycles. The van der Waals surface area contributed by atoms with E-state index in [2.05, 4.69) is 38.1 Å². The number of likely N-dealkylation sites (N-methyl/N-ethyl adjacent to an activating group) is 1. The van der Waals surface area contributed by atoms with E-state index in [-0.39, 0.29) is 0 Å². The maximum atomic E-state index is 5.26. The van der Waals surface area contributed by atoms with E-state index in [1.807, 2.05) is 6.92 Å². The minimum atomic E-state index is 0.534. The average molecular weight is 299 g/mol. The summed E-state index contributed by atoms with van der Waals surface area (Å²) in [7, 11) is 2.14. The molecule has 2 aromatic rings. The summed E-state index contributed by atoms with van der Waals surface area (Å²) in [6, 6.07) is 2.76. The molecule has 0 N–H and O–H groups in total. The fourth-order valence-electron chi connectivity index (χ4n) is 3.26. The van der Waals surface area contributed by atoms with E-state index in [0.29, 0.717) is 6.04 Å². The smallest absolute Gasteiger partial charge is 0.191 e. The van der Waals surface area contributed by atoms with Crippen LogP contribution in [0.15, 0.2) is 16.7 Å². The molecule has 0 aromatic carbocycles. The lowest BCUT2D eigenvalue weighted by Crippen LogP contribution is -2.58. The van der Waals surface area contributed by atoms with Crippen LogP contribution in [0.5, 0.6) is 0 Å². The van der Waals surface area contributed by atoms with Crippen LogP contribution in [0.2, 0.25) is 0 Å². The first-order valence-corrected chi connectivity index (χ1v) is 7.91. The van der Waals surface area contributed by atoms with Gasteiger partial charge in [0.2, 0.25) is 0 Å². The van der Waals surface area contributed by atoms with Crippen LogP contribution in [-0.4, -0.2) is 46.3 Å². The molecular weight excluding hydrogens is 278 g/mol. The highest BCUT2D eigenvalue weighted by Crippen LogP contribution is 2.26. The normalized spacial score (nSPS) is 17.9. The Kier molecular flexibility index (Phi) is 3.33. The highest BCUT2D eigenvalue weighted by Gasteiger charge is 2.32. The largest absolute Gasteiger partial charge is 0.449 e. The van der Waals surface area contributed by atoms with Gasteiger partial charge in [-0.25, -0.2) is 4.98 Å². The predicted octanol–water partition coefficient (Wildman–Crippen LogP) is 1.58. The van der Waals surface area contributed by atoms with Crippen molar-refractivity contribution in [3.8, 4) is 0 Å². The van der Waals surface area contributed by atoms with Gasteiger partial charge in [-0.2, -0.15) is 5.10 Å². The van der Waals surface area contributed by atoms with Gasteiger partial charge in [0.15, 0.2) is 11.7 Å². The van der Waals surface area contributed by atoms with Crippen molar-refractivity contribution in [1.29, 1.82) is 0 Å². The van der Waals surface area contributed by atoms with E-state index in [0.717, 1.165) is 49.9 Å². The van der Waals surface area contributed by atoms with Crippen LogP contribution in [0.4, 0.5) is 5.82 Å². The summed E-state index contributed by atoms with van der Waals surface area (Å²) in [5.41, 5.74) is 3.58. The van der Waals surface area contributed by atoms with Crippen molar-refractivity contribution in [2.45, 2.75) is 38.8 Å². The van der Waals surface area contributed by atoms with Crippen molar-refractivity contribution in [1.82, 2.24) is 20.1 Å². The van der Waals surface area contributed by atoms with Crippen LogP contribution < -0.4 is 4.90 Å². The van der Waals surface area contributed by atoms with Gasteiger partial charge in [-0.1, -0.05) is 0 Å². The number of anilines is 1. The molecule has 2 aliphatic rings. The molecule has 0 radical (unpaired) electrons. The van der Waals surface area contributed by atoms with Gasteiger partial charge < -0.3 is 9.32 Å². The molecule has 0 unspecified atom stereocenters. The average Bonchev–Trinajstić information content (AvgIpc) is 3.05. The van der Waals surface area contributed by atoms with Crippen molar-refractivity contribution in [3.63, 3.8) is 0 Å². The van der Waals surface area contributed by atoms with Gasteiger partial charge in [-0.05, 0) is 37.9 Å². The molecule has 4 rings (SSSR count). The number of hydrogen-bond acceptors (Lipinski definition) is 6. The van der Waals surface area contributed by atoms with Crippen LogP contribution >= 0.6 is 0 Å². The summed E-state index contributed by atoms with van der Waals surface area (Å²) in [6.45, 7) is 4.70. The van der Waals surface area contributed by atoms with Gasteiger partial charge in [-0.15, -0.1) is 5.10 Å². The number of rotatable bonds is 4. The first kappa shape index (κ1) is 13.7. The van der Waals surface area contributed by atoms with Gasteiger partial charge in [-0.3, -0.25) is 4.90 Å². The summed E-state index contributed by atoms with van der Waals surface area (Å²) in [4.78, 5) is 9.00. The minimum absolute atomic E-state index is 0.534. The molecule has 22 heavy (non-hydrogen) atoms. The molecule has 1 fully saturated rings. The van der Waals surface area contributed by atoms with E-state index < -0.39 is 0 Å². The molecule has 1 saturated heterocycles. The molecular formula is C16H21N5O. The fraction of sp³-hybridized carbons (Fsp3) is 0.562. The van der Waals surface area contributed by atoms with Crippen LogP contribution in [0, 0.1) is 6.92 Å². The lowest BCUT2D eigenvalue weighted by atomic mass is 10.1. The molecule has 0 spiro atoms. The molecule has 6 nitrogen and oxygen atoms in total. The molecule has 0 bridgehead atoms. The Morgan fingerprint density at radius 2 is 2.18 bits per heavy atom. The van der Waals surface area contributed by atoms with Gasteiger partial charge in [0, 0.05) is 32.6 Å². The van der Waals surface area contributed by atoms with Crippen LogP contribution in [-0.2, 0) is 19.4 Å². The quantitative estimate of drug-likeness (QED) is 0.854. The SMILES string of the molecule is Cc1nc(CN(C)C2CN(c3cc4c(nn3)CCC4)C2)co1. The standard InChI is InChI=1S/C16H21N5O/c1-11-17-13(10-22-11)7-20(2)14-8-21(9-14)16-6-12-4-3-5-15(12)18-19-16/h6,10,14H,3-5,7-9H2,1-2H3. The predicted molar refractivity (Wildman–Crippen MR) is 82.8 cm³/mol. The second kappa shape index (κ2) is 5.35. The Bertz CT molecular complexity index is 677.